The number of carbonyl (C=O) groups excluding carboxylic acids is 5. The molecule has 0 unspecified atom stereocenters. The topological polar surface area (TPSA) is 258 Å². The number of thiol groups is 2. The SMILES string of the molecule is CC(C)[C@H](NC(=O)[C@H](C)NC(=O)[C@H](Cc1cnc[nH]1)NC(=O)[C@H](CO)NC(=O)[C@@H](N)CS)C(=O)N[C@@H](CS)C(=O)O. The smallest absolute Gasteiger partial charge is 0.327 e. The molecule has 0 aromatic carbocycles. The van der Waals surface area contributed by atoms with Gasteiger partial charge in [0, 0.05) is 29.8 Å². The summed E-state index contributed by atoms with van der Waals surface area (Å²) in [6, 6.07) is -7.33. The predicted octanol–water partition coefficient (Wildman–Crippen LogP) is -3.68. The Morgan fingerprint density at radius 3 is 1.93 bits per heavy atom. The molecule has 18 heteroatoms. The summed E-state index contributed by atoms with van der Waals surface area (Å²) in [6.45, 7) is 3.84. The molecule has 41 heavy (non-hydrogen) atoms. The Morgan fingerprint density at radius 2 is 1.44 bits per heavy atom. The molecule has 5 amide bonds. The minimum atomic E-state index is -1.43. The number of rotatable bonds is 17. The van der Waals surface area contributed by atoms with Crippen molar-refractivity contribution in [1.82, 2.24) is 36.6 Å². The van der Waals surface area contributed by atoms with E-state index in [1.54, 1.807) is 13.8 Å². The maximum Gasteiger partial charge on any atom is 0.327 e. The van der Waals surface area contributed by atoms with E-state index in [0.717, 1.165) is 0 Å². The number of hydrogen-bond acceptors (Lipinski definition) is 11. The van der Waals surface area contributed by atoms with Gasteiger partial charge in [-0.3, -0.25) is 24.0 Å². The molecule has 10 N–H and O–H groups in total. The van der Waals surface area contributed by atoms with Crippen molar-refractivity contribution in [3.05, 3.63) is 18.2 Å². The minimum Gasteiger partial charge on any atom is -0.480 e. The lowest BCUT2D eigenvalue weighted by atomic mass is 10.0. The lowest BCUT2D eigenvalue weighted by Crippen LogP contribution is -2.60. The van der Waals surface area contributed by atoms with E-state index >= 15 is 0 Å². The number of carboxylic acids is 1. The molecule has 0 spiro atoms. The van der Waals surface area contributed by atoms with Crippen LogP contribution in [-0.4, -0.2) is 110 Å². The highest BCUT2D eigenvalue weighted by molar-refractivity contribution is 7.80. The molecule has 0 aliphatic heterocycles. The standard InChI is InChI=1S/C23H38N8O8S2/c1-10(2)17(22(37)30-16(8-41)23(38)39)31-18(33)11(3)27-20(35)14(4-12-5-25-9-26-12)28-21(36)15(6-32)29-19(34)13(24)7-40/h5,9-11,13-17,32,40-41H,4,6-8,24H2,1-3H3,(H,25,26)(H,27,35)(H,28,36)(H,29,34)(H,30,37)(H,31,33)(H,38,39)/t11-,13-,14-,15-,16-,17-/m0/s1. The van der Waals surface area contributed by atoms with E-state index in [0.29, 0.717) is 5.69 Å². The van der Waals surface area contributed by atoms with Gasteiger partial charge in [0.1, 0.15) is 30.2 Å². The summed E-state index contributed by atoms with van der Waals surface area (Å²) < 4.78 is 0. The number of hydrogen-bond donors (Lipinski definition) is 11. The molecule has 0 fully saturated rings. The van der Waals surface area contributed by atoms with Gasteiger partial charge in [0.15, 0.2) is 0 Å². The Labute approximate surface area is 247 Å². The summed E-state index contributed by atoms with van der Waals surface area (Å²) in [6.07, 6.45) is 2.68. The van der Waals surface area contributed by atoms with Crippen molar-refractivity contribution >= 4 is 60.8 Å². The number of H-pyrrole nitrogens is 1. The van der Waals surface area contributed by atoms with Crippen LogP contribution in [0.3, 0.4) is 0 Å². The zero-order chi connectivity index (χ0) is 31.3. The van der Waals surface area contributed by atoms with Crippen LogP contribution < -0.4 is 32.3 Å². The highest BCUT2D eigenvalue weighted by Crippen LogP contribution is 2.05. The normalized spacial score (nSPS) is 15.4. The maximum absolute atomic E-state index is 13.1. The fourth-order valence-electron chi connectivity index (χ4n) is 3.29. The zero-order valence-electron chi connectivity index (χ0n) is 22.8. The van der Waals surface area contributed by atoms with E-state index in [4.69, 9.17) is 10.8 Å². The number of amides is 5. The highest BCUT2D eigenvalue weighted by atomic mass is 32.1. The number of aliphatic carboxylic acids is 1. The lowest BCUT2D eigenvalue weighted by Gasteiger charge is -2.26. The van der Waals surface area contributed by atoms with Gasteiger partial charge in [-0.15, -0.1) is 0 Å². The Hall–Kier alpha value is -3.35. The number of aromatic amines is 1. The summed E-state index contributed by atoms with van der Waals surface area (Å²) in [5.74, 6) is -5.82. The van der Waals surface area contributed by atoms with E-state index in [2.05, 4.69) is 61.8 Å². The second-order valence-electron chi connectivity index (χ2n) is 9.42. The fraction of sp³-hybridized carbons (Fsp3) is 0.609. The Bertz CT molecular complexity index is 1060. The molecule has 1 heterocycles. The van der Waals surface area contributed by atoms with E-state index < -0.39 is 84.3 Å². The summed E-state index contributed by atoms with van der Waals surface area (Å²) in [5.41, 5.74) is 6.05. The van der Waals surface area contributed by atoms with Gasteiger partial charge in [0.2, 0.25) is 29.5 Å². The third kappa shape index (κ3) is 11.6. The Morgan fingerprint density at radius 1 is 0.854 bits per heavy atom. The van der Waals surface area contributed by atoms with Crippen LogP contribution in [0.1, 0.15) is 26.5 Å². The largest absolute Gasteiger partial charge is 0.480 e. The monoisotopic (exact) mass is 618 g/mol. The van der Waals surface area contributed by atoms with Crippen LogP contribution in [0.4, 0.5) is 0 Å². The first-order valence-electron chi connectivity index (χ1n) is 12.6. The zero-order valence-corrected chi connectivity index (χ0v) is 24.6. The number of aliphatic hydroxyl groups excluding tert-OH is 1. The second kappa shape index (κ2) is 17.5. The number of nitrogens with two attached hydrogens (primary N) is 1. The van der Waals surface area contributed by atoms with Crippen molar-refractivity contribution in [1.29, 1.82) is 0 Å². The van der Waals surface area contributed by atoms with Gasteiger partial charge in [-0.05, 0) is 12.8 Å². The Balaban J connectivity index is 2.98. The molecule has 1 aromatic rings. The highest BCUT2D eigenvalue weighted by Gasteiger charge is 2.32. The number of nitrogens with zero attached hydrogens (tertiary/aromatic N) is 1. The van der Waals surface area contributed by atoms with Crippen LogP contribution in [0.15, 0.2) is 12.5 Å². The molecule has 0 saturated carbocycles. The number of imidazole rings is 1. The lowest BCUT2D eigenvalue weighted by molar-refractivity contribution is -0.142. The van der Waals surface area contributed by atoms with E-state index in [-0.39, 0.29) is 17.9 Å². The third-order valence-electron chi connectivity index (χ3n) is 5.76. The predicted molar refractivity (Wildman–Crippen MR) is 153 cm³/mol. The van der Waals surface area contributed by atoms with Crippen LogP contribution in [-0.2, 0) is 35.2 Å². The van der Waals surface area contributed by atoms with Gasteiger partial charge < -0.3 is 47.5 Å². The minimum absolute atomic E-state index is 0.00886. The first-order valence-corrected chi connectivity index (χ1v) is 13.8. The van der Waals surface area contributed by atoms with Crippen LogP contribution in [0, 0.1) is 5.92 Å². The molecule has 6 atom stereocenters. The molecule has 1 rings (SSSR count). The first-order chi connectivity index (χ1) is 19.2. The average Bonchev–Trinajstić information content (AvgIpc) is 3.44. The third-order valence-corrected chi connectivity index (χ3v) is 6.52. The average molecular weight is 619 g/mol. The molecule has 16 nitrogen and oxygen atoms in total. The van der Waals surface area contributed by atoms with Gasteiger partial charge in [-0.2, -0.15) is 25.3 Å². The summed E-state index contributed by atoms with van der Waals surface area (Å²) >= 11 is 7.82. The number of nitrogens with one attached hydrogen (secondary N) is 6. The number of carboxylic acid groups (broad SMARTS) is 1. The van der Waals surface area contributed by atoms with Crippen molar-refractivity contribution in [2.45, 2.75) is 63.4 Å². The molecule has 0 bridgehead atoms. The molecule has 1 aromatic heterocycles. The summed E-state index contributed by atoms with van der Waals surface area (Å²) in [5, 5.41) is 30.8. The van der Waals surface area contributed by atoms with Gasteiger partial charge in [0.05, 0.1) is 19.0 Å². The molecule has 0 aliphatic rings. The van der Waals surface area contributed by atoms with Crippen molar-refractivity contribution in [2.24, 2.45) is 11.7 Å². The van der Waals surface area contributed by atoms with Gasteiger partial charge >= 0.3 is 5.97 Å². The number of aliphatic hydroxyl groups is 1. The van der Waals surface area contributed by atoms with Crippen LogP contribution >= 0.6 is 25.3 Å². The number of carbonyl (C=O) groups is 6. The molecule has 0 saturated heterocycles. The van der Waals surface area contributed by atoms with Gasteiger partial charge in [0.25, 0.3) is 0 Å². The maximum atomic E-state index is 13.1. The first kappa shape index (κ1) is 35.7. The molecule has 0 radical (unpaired) electrons. The van der Waals surface area contributed by atoms with Crippen molar-refractivity contribution in [3.8, 4) is 0 Å². The van der Waals surface area contributed by atoms with E-state index in [1.807, 2.05) is 0 Å². The van der Waals surface area contributed by atoms with E-state index in [1.165, 1.54) is 19.4 Å². The molecular formula is C23H38N8O8S2. The van der Waals surface area contributed by atoms with Crippen LogP contribution in [0.2, 0.25) is 0 Å². The quantitative estimate of drug-likeness (QED) is 0.0762. The van der Waals surface area contributed by atoms with E-state index in [9.17, 15) is 33.9 Å². The summed E-state index contributed by atoms with van der Waals surface area (Å²) in [7, 11) is 0. The van der Waals surface area contributed by atoms with Crippen LogP contribution in [0.5, 0.6) is 0 Å². The van der Waals surface area contributed by atoms with Crippen LogP contribution in [0.25, 0.3) is 0 Å². The fourth-order valence-corrected chi connectivity index (χ4v) is 3.71. The second-order valence-corrected chi connectivity index (χ2v) is 10.1. The number of aromatic nitrogens is 2. The van der Waals surface area contributed by atoms with Crippen molar-refractivity contribution in [3.63, 3.8) is 0 Å². The molecule has 0 aliphatic carbocycles. The molecular weight excluding hydrogens is 580 g/mol. The molecule has 230 valence electrons. The van der Waals surface area contributed by atoms with Gasteiger partial charge in [-0.1, -0.05) is 13.8 Å². The van der Waals surface area contributed by atoms with Gasteiger partial charge in [-0.25, -0.2) is 9.78 Å². The summed E-state index contributed by atoms with van der Waals surface area (Å²) in [4.78, 5) is 81.5. The van der Waals surface area contributed by atoms with Crippen molar-refractivity contribution < 1.29 is 39.0 Å². The van der Waals surface area contributed by atoms with Crippen molar-refractivity contribution in [2.75, 3.05) is 18.1 Å². The Kier molecular flexibility index (Phi) is 15.2.